The van der Waals surface area contributed by atoms with Crippen molar-refractivity contribution >= 4 is 20.0 Å². The van der Waals surface area contributed by atoms with Crippen molar-refractivity contribution in [1.82, 2.24) is 9.78 Å². The van der Waals surface area contributed by atoms with Gasteiger partial charge in [0.1, 0.15) is 0 Å². The van der Waals surface area contributed by atoms with Crippen LogP contribution in [-0.2, 0) is 16.3 Å². The topological polar surface area (TPSA) is 56.2 Å². The van der Waals surface area contributed by atoms with Gasteiger partial charge in [-0.1, -0.05) is 26.8 Å². The molecular weight excluding hydrogens is 294 g/mol. The zero-order valence-corrected chi connectivity index (χ0v) is 15.6. The number of aryl methyl sites for hydroxylation is 1. The lowest BCUT2D eigenvalue weighted by molar-refractivity contribution is -0.111. The maximum Gasteiger partial charge on any atom is 0.249 e. The number of unbranched alkanes of at least 4 members (excludes halogenated alkanes) is 1. The molecule has 1 rings (SSSR count). The first kappa shape index (κ1) is 18.6. The highest BCUT2D eigenvalue weighted by molar-refractivity contribution is 6.74. The average molecular weight is 324 g/mol. The predicted molar refractivity (Wildman–Crippen MR) is 93.4 cm³/mol. The van der Waals surface area contributed by atoms with Gasteiger partial charge in [-0.15, -0.1) is 0 Å². The van der Waals surface area contributed by atoms with E-state index < -0.39 is 8.32 Å². The van der Waals surface area contributed by atoms with Crippen LogP contribution < -0.4 is 5.32 Å². The number of anilines is 1. The van der Waals surface area contributed by atoms with Crippen LogP contribution in [0.2, 0.25) is 18.1 Å². The standard InChI is InChI=1S/C16H29N3O2Si/c1-16(2,3)22(5,6)21-13-9-7-8-10-15(20)17-14-11-12-19(4)18-14/h8,10-12H,7,9,13H2,1-6H3,(H,17,18,20)/b10-8+. The summed E-state index contributed by atoms with van der Waals surface area (Å²) in [6, 6.07) is 1.76. The molecule has 1 aromatic rings. The van der Waals surface area contributed by atoms with Gasteiger partial charge in [-0.3, -0.25) is 9.48 Å². The summed E-state index contributed by atoms with van der Waals surface area (Å²) in [6.07, 6.45) is 7.00. The monoisotopic (exact) mass is 323 g/mol. The predicted octanol–water partition coefficient (Wildman–Crippen LogP) is 3.72. The number of aromatic nitrogens is 2. The van der Waals surface area contributed by atoms with Crippen LogP contribution in [0.4, 0.5) is 5.82 Å². The highest BCUT2D eigenvalue weighted by atomic mass is 28.4. The Bertz CT molecular complexity index is 516. The van der Waals surface area contributed by atoms with Gasteiger partial charge < -0.3 is 9.74 Å². The zero-order chi connectivity index (χ0) is 16.8. The summed E-state index contributed by atoms with van der Waals surface area (Å²) in [5.74, 6) is 0.419. The number of hydrogen-bond acceptors (Lipinski definition) is 3. The Kier molecular flexibility index (Phi) is 6.56. The van der Waals surface area contributed by atoms with E-state index in [4.69, 9.17) is 4.43 Å². The molecule has 22 heavy (non-hydrogen) atoms. The van der Waals surface area contributed by atoms with Crippen LogP contribution in [0.3, 0.4) is 0 Å². The molecule has 0 aliphatic carbocycles. The molecule has 0 saturated heterocycles. The third-order valence-corrected chi connectivity index (χ3v) is 8.56. The summed E-state index contributed by atoms with van der Waals surface area (Å²) >= 11 is 0. The fraction of sp³-hybridized carbons (Fsp3) is 0.625. The van der Waals surface area contributed by atoms with Crippen LogP contribution in [0.15, 0.2) is 24.4 Å². The first-order valence-electron chi connectivity index (χ1n) is 7.73. The van der Waals surface area contributed by atoms with Crippen molar-refractivity contribution in [2.75, 3.05) is 11.9 Å². The number of hydrogen-bond donors (Lipinski definition) is 1. The zero-order valence-electron chi connectivity index (χ0n) is 14.6. The van der Waals surface area contributed by atoms with Gasteiger partial charge in [-0.2, -0.15) is 5.10 Å². The quantitative estimate of drug-likeness (QED) is 0.473. The highest BCUT2D eigenvalue weighted by Crippen LogP contribution is 2.36. The number of amides is 1. The number of rotatable bonds is 7. The molecule has 0 atom stereocenters. The maximum atomic E-state index is 11.7. The van der Waals surface area contributed by atoms with Gasteiger partial charge in [0.25, 0.3) is 0 Å². The van der Waals surface area contributed by atoms with E-state index in [1.165, 1.54) is 0 Å². The van der Waals surface area contributed by atoms with Gasteiger partial charge in [-0.05, 0) is 37.0 Å². The van der Waals surface area contributed by atoms with Crippen molar-refractivity contribution in [2.45, 2.75) is 51.7 Å². The lowest BCUT2D eigenvalue weighted by Crippen LogP contribution is -2.40. The first-order valence-corrected chi connectivity index (χ1v) is 10.6. The van der Waals surface area contributed by atoms with Crippen LogP contribution >= 0.6 is 0 Å². The van der Waals surface area contributed by atoms with Crippen molar-refractivity contribution < 1.29 is 9.22 Å². The van der Waals surface area contributed by atoms with Crippen LogP contribution in [0, 0.1) is 0 Å². The van der Waals surface area contributed by atoms with Crippen LogP contribution in [0.5, 0.6) is 0 Å². The van der Waals surface area contributed by atoms with E-state index in [1.807, 2.05) is 13.1 Å². The molecule has 0 bridgehead atoms. The molecule has 6 heteroatoms. The summed E-state index contributed by atoms with van der Waals surface area (Å²) in [5, 5.41) is 7.05. The SMILES string of the molecule is Cn1ccc(NC(=O)/C=C/CCCO[Si](C)(C)C(C)(C)C)n1. The van der Waals surface area contributed by atoms with Gasteiger partial charge in [0.15, 0.2) is 14.1 Å². The molecule has 1 N–H and O–H groups in total. The highest BCUT2D eigenvalue weighted by Gasteiger charge is 2.36. The van der Waals surface area contributed by atoms with Crippen molar-refractivity contribution in [2.24, 2.45) is 7.05 Å². The second-order valence-corrected chi connectivity index (χ2v) is 11.8. The van der Waals surface area contributed by atoms with E-state index in [-0.39, 0.29) is 10.9 Å². The van der Waals surface area contributed by atoms with Gasteiger partial charge in [0.2, 0.25) is 5.91 Å². The van der Waals surface area contributed by atoms with Gasteiger partial charge in [0.05, 0.1) is 0 Å². The molecule has 0 radical (unpaired) electrons. The van der Waals surface area contributed by atoms with Crippen molar-refractivity contribution in [3.8, 4) is 0 Å². The molecule has 1 aromatic heterocycles. The van der Waals surface area contributed by atoms with Crippen LogP contribution in [0.1, 0.15) is 33.6 Å². The van der Waals surface area contributed by atoms with Crippen LogP contribution in [-0.4, -0.2) is 30.6 Å². The number of nitrogens with one attached hydrogen (secondary N) is 1. The largest absolute Gasteiger partial charge is 0.417 e. The van der Waals surface area contributed by atoms with Crippen molar-refractivity contribution in [1.29, 1.82) is 0 Å². The number of nitrogens with zero attached hydrogens (tertiary/aromatic N) is 2. The normalized spacial score (nSPS) is 12.8. The second kappa shape index (κ2) is 7.74. The second-order valence-electron chi connectivity index (χ2n) is 7.02. The molecule has 1 amide bonds. The molecule has 0 fully saturated rings. The summed E-state index contributed by atoms with van der Waals surface area (Å²) in [5.41, 5.74) is 0. The Labute approximate surface area is 134 Å². The molecule has 5 nitrogen and oxygen atoms in total. The fourth-order valence-corrected chi connectivity index (χ4v) is 2.67. The molecule has 124 valence electrons. The Morgan fingerprint density at radius 3 is 2.68 bits per heavy atom. The third kappa shape index (κ3) is 6.15. The van der Waals surface area contributed by atoms with Gasteiger partial charge >= 0.3 is 0 Å². The minimum atomic E-state index is -1.65. The van der Waals surface area contributed by atoms with Gasteiger partial charge in [0, 0.05) is 25.9 Å². The van der Waals surface area contributed by atoms with Crippen molar-refractivity contribution in [3.63, 3.8) is 0 Å². The maximum absolute atomic E-state index is 11.7. The summed E-state index contributed by atoms with van der Waals surface area (Å²) in [6.45, 7) is 12.0. The summed E-state index contributed by atoms with van der Waals surface area (Å²) in [7, 11) is 0.164. The molecule has 0 unspecified atom stereocenters. The Balaban J connectivity index is 2.23. The summed E-state index contributed by atoms with van der Waals surface area (Å²) < 4.78 is 7.74. The lowest BCUT2D eigenvalue weighted by Gasteiger charge is -2.36. The smallest absolute Gasteiger partial charge is 0.249 e. The Morgan fingerprint density at radius 2 is 2.14 bits per heavy atom. The molecule has 0 aliphatic heterocycles. The minimum Gasteiger partial charge on any atom is -0.417 e. The molecular formula is C16H29N3O2Si. The van der Waals surface area contributed by atoms with E-state index in [2.05, 4.69) is 44.3 Å². The average Bonchev–Trinajstić information content (AvgIpc) is 2.77. The third-order valence-electron chi connectivity index (χ3n) is 4.02. The Morgan fingerprint density at radius 1 is 1.45 bits per heavy atom. The molecule has 0 aromatic carbocycles. The van der Waals surface area contributed by atoms with E-state index in [0.717, 1.165) is 19.4 Å². The molecule has 0 spiro atoms. The van der Waals surface area contributed by atoms with Crippen LogP contribution in [0.25, 0.3) is 0 Å². The first-order chi connectivity index (χ1) is 10.1. The molecule has 0 saturated carbocycles. The van der Waals surface area contributed by atoms with E-state index in [1.54, 1.807) is 23.0 Å². The van der Waals surface area contributed by atoms with Gasteiger partial charge in [-0.25, -0.2) is 0 Å². The molecule has 0 aliphatic rings. The van der Waals surface area contributed by atoms with Crippen molar-refractivity contribution in [3.05, 3.63) is 24.4 Å². The number of allylic oxidation sites excluding steroid dienone is 1. The van der Waals surface area contributed by atoms with E-state index in [0.29, 0.717) is 5.82 Å². The Hall–Kier alpha value is -1.40. The molecule has 1 heterocycles. The number of carbonyl (C=O) groups excluding carboxylic acids is 1. The minimum absolute atomic E-state index is 0.149. The fourth-order valence-electron chi connectivity index (χ4n) is 1.59. The number of carbonyl (C=O) groups is 1. The van der Waals surface area contributed by atoms with E-state index >= 15 is 0 Å². The van der Waals surface area contributed by atoms with E-state index in [9.17, 15) is 4.79 Å². The summed E-state index contributed by atoms with van der Waals surface area (Å²) in [4.78, 5) is 11.7. The lowest BCUT2D eigenvalue weighted by atomic mass is 10.2.